The summed E-state index contributed by atoms with van der Waals surface area (Å²) < 4.78 is 19.2. The van der Waals surface area contributed by atoms with Gasteiger partial charge >= 0.3 is 0 Å². The smallest absolute Gasteiger partial charge is 0.227 e. The molecule has 0 aromatic heterocycles. The molecule has 2 heterocycles. The minimum absolute atomic E-state index is 0.172. The zero-order valence-electron chi connectivity index (χ0n) is 13.4. The molecule has 0 N–H and O–H groups in total. The molecule has 24 heavy (non-hydrogen) atoms. The number of ether oxygens (including phenoxy) is 1. The number of hydrogen-bond acceptors (Lipinski definition) is 3. The molecule has 2 aromatic carbocycles. The van der Waals surface area contributed by atoms with E-state index in [4.69, 9.17) is 4.74 Å². The van der Waals surface area contributed by atoms with Gasteiger partial charge in [0.25, 0.3) is 0 Å². The third-order valence-corrected chi connectivity index (χ3v) is 5.68. The Hall–Kier alpha value is -2.01. The number of carbonyl (C=O) groups is 1. The van der Waals surface area contributed by atoms with Crippen molar-refractivity contribution in [1.29, 1.82) is 0 Å². The molecule has 2 aromatic rings. The number of rotatable bonds is 2. The fraction of sp³-hybridized carbons (Fsp3) is 0.316. The van der Waals surface area contributed by atoms with Crippen LogP contribution in [0, 0.1) is 5.82 Å². The van der Waals surface area contributed by atoms with E-state index in [1.807, 2.05) is 23.1 Å². The minimum atomic E-state index is -0.268. The largest absolute Gasteiger partial charge is 0.455 e. The summed E-state index contributed by atoms with van der Waals surface area (Å²) in [7, 11) is 0. The van der Waals surface area contributed by atoms with E-state index in [-0.39, 0.29) is 11.7 Å². The molecular formula is C19H18FNO2S. The zero-order chi connectivity index (χ0) is 16.7. The summed E-state index contributed by atoms with van der Waals surface area (Å²) in [5, 5.41) is 0. The Morgan fingerprint density at radius 3 is 2.92 bits per heavy atom. The SMILES string of the molecule is CC1CCCN1C(=O)Cc1ccc2c(c1)Oc1ccc(F)cc1S2. The second kappa shape index (κ2) is 6.13. The normalized spacial score (nSPS) is 18.8. The molecule has 4 rings (SSSR count). The van der Waals surface area contributed by atoms with E-state index in [2.05, 4.69) is 6.92 Å². The van der Waals surface area contributed by atoms with Gasteiger partial charge in [0.05, 0.1) is 16.2 Å². The van der Waals surface area contributed by atoms with Gasteiger partial charge in [-0.15, -0.1) is 0 Å². The van der Waals surface area contributed by atoms with Crippen molar-refractivity contribution in [3.8, 4) is 11.5 Å². The molecule has 1 saturated heterocycles. The minimum Gasteiger partial charge on any atom is -0.455 e. The molecular weight excluding hydrogens is 325 g/mol. The monoisotopic (exact) mass is 343 g/mol. The molecule has 0 radical (unpaired) electrons. The van der Waals surface area contributed by atoms with Gasteiger partial charge in [0.1, 0.15) is 17.3 Å². The lowest BCUT2D eigenvalue weighted by molar-refractivity contribution is -0.130. The van der Waals surface area contributed by atoms with Crippen LogP contribution in [0.5, 0.6) is 11.5 Å². The summed E-state index contributed by atoms with van der Waals surface area (Å²) in [6.45, 7) is 2.96. The Kier molecular flexibility index (Phi) is 3.96. The van der Waals surface area contributed by atoms with Gasteiger partial charge in [-0.2, -0.15) is 0 Å². The van der Waals surface area contributed by atoms with E-state index < -0.39 is 0 Å². The number of halogens is 1. The standard InChI is InChI=1S/C19H18FNO2S/c1-12-3-2-8-21(12)19(22)10-13-4-7-17-16(9-13)23-15-6-5-14(20)11-18(15)24-17/h4-7,9,11-12H,2-3,8,10H2,1H3. The summed E-state index contributed by atoms with van der Waals surface area (Å²) in [4.78, 5) is 16.2. The summed E-state index contributed by atoms with van der Waals surface area (Å²) in [5.74, 6) is 1.30. The average molecular weight is 343 g/mol. The topological polar surface area (TPSA) is 29.5 Å². The van der Waals surface area contributed by atoms with Crippen molar-refractivity contribution in [1.82, 2.24) is 4.90 Å². The second-order valence-electron chi connectivity index (χ2n) is 6.33. The van der Waals surface area contributed by atoms with Gasteiger partial charge in [-0.05, 0) is 55.7 Å². The Bertz CT molecular complexity index is 808. The van der Waals surface area contributed by atoms with Crippen LogP contribution in [-0.2, 0) is 11.2 Å². The van der Waals surface area contributed by atoms with Crippen molar-refractivity contribution in [2.75, 3.05) is 6.54 Å². The molecule has 124 valence electrons. The van der Waals surface area contributed by atoms with Gasteiger partial charge in [-0.3, -0.25) is 4.79 Å². The predicted molar refractivity (Wildman–Crippen MR) is 91.2 cm³/mol. The predicted octanol–water partition coefficient (Wildman–Crippen LogP) is 4.64. The fourth-order valence-electron chi connectivity index (χ4n) is 3.29. The quantitative estimate of drug-likeness (QED) is 0.679. The van der Waals surface area contributed by atoms with E-state index in [1.54, 1.807) is 6.07 Å². The maximum absolute atomic E-state index is 13.3. The fourth-order valence-corrected chi connectivity index (χ4v) is 4.25. The number of hydrogen-bond donors (Lipinski definition) is 0. The molecule has 3 nitrogen and oxygen atoms in total. The van der Waals surface area contributed by atoms with Crippen LogP contribution in [0.4, 0.5) is 4.39 Å². The van der Waals surface area contributed by atoms with Crippen LogP contribution in [-0.4, -0.2) is 23.4 Å². The van der Waals surface area contributed by atoms with Crippen molar-refractivity contribution in [3.05, 3.63) is 47.8 Å². The highest BCUT2D eigenvalue weighted by atomic mass is 32.2. The van der Waals surface area contributed by atoms with Gasteiger partial charge < -0.3 is 9.64 Å². The van der Waals surface area contributed by atoms with Gasteiger partial charge in [-0.25, -0.2) is 4.39 Å². The summed E-state index contributed by atoms with van der Waals surface area (Å²) >= 11 is 1.49. The van der Waals surface area contributed by atoms with Crippen LogP contribution in [0.3, 0.4) is 0 Å². The summed E-state index contributed by atoms with van der Waals surface area (Å²) in [5.41, 5.74) is 0.948. The molecule has 5 heteroatoms. The Labute approximate surface area is 144 Å². The lowest BCUT2D eigenvalue weighted by Gasteiger charge is -2.23. The van der Waals surface area contributed by atoms with Crippen molar-refractivity contribution in [2.45, 2.75) is 42.0 Å². The first-order valence-electron chi connectivity index (χ1n) is 8.18. The van der Waals surface area contributed by atoms with Crippen LogP contribution >= 0.6 is 11.8 Å². The number of carbonyl (C=O) groups excluding carboxylic acids is 1. The first-order chi connectivity index (χ1) is 11.6. The molecule has 0 aliphatic carbocycles. The number of nitrogens with zero attached hydrogens (tertiary/aromatic N) is 1. The number of likely N-dealkylation sites (tertiary alicyclic amines) is 1. The molecule has 2 aliphatic heterocycles. The first kappa shape index (κ1) is 15.5. The van der Waals surface area contributed by atoms with Crippen molar-refractivity contribution in [2.24, 2.45) is 0 Å². The van der Waals surface area contributed by atoms with Crippen LogP contribution in [0.1, 0.15) is 25.3 Å². The molecule has 2 aliphatic rings. The Balaban J connectivity index is 1.53. The molecule has 0 bridgehead atoms. The first-order valence-corrected chi connectivity index (χ1v) is 8.99. The maximum Gasteiger partial charge on any atom is 0.227 e. The van der Waals surface area contributed by atoms with E-state index in [1.165, 1.54) is 23.9 Å². The van der Waals surface area contributed by atoms with E-state index >= 15 is 0 Å². The van der Waals surface area contributed by atoms with Gasteiger partial charge in [-0.1, -0.05) is 17.8 Å². The van der Waals surface area contributed by atoms with Crippen LogP contribution in [0.25, 0.3) is 0 Å². The molecule has 1 amide bonds. The van der Waals surface area contributed by atoms with Gasteiger partial charge in [0.15, 0.2) is 0 Å². The van der Waals surface area contributed by atoms with Crippen molar-refractivity contribution in [3.63, 3.8) is 0 Å². The molecule has 1 atom stereocenters. The Morgan fingerprint density at radius 2 is 2.12 bits per heavy atom. The molecule has 1 fully saturated rings. The average Bonchev–Trinajstić information content (AvgIpc) is 2.99. The lowest BCUT2D eigenvalue weighted by atomic mass is 10.1. The van der Waals surface area contributed by atoms with Crippen molar-refractivity contribution >= 4 is 17.7 Å². The van der Waals surface area contributed by atoms with E-state index in [9.17, 15) is 9.18 Å². The third-order valence-electron chi connectivity index (χ3n) is 4.58. The number of amides is 1. The summed E-state index contributed by atoms with van der Waals surface area (Å²) in [6, 6.07) is 10.7. The van der Waals surface area contributed by atoms with Crippen LogP contribution in [0.2, 0.25) is 0 Å². The van der Waals surface area contributed by atoms with Gasteiger partial charge in [0.2, 0.25) is 5.91 Å². The third kappa shape index (κ3) is 2.88. The highest BCUT2D eigenvalue weighted by Gasteiger charge is 2.25. The second-order valence-corrected chi connectivity index (χ2v) is 7.42. The van der Waals surface area contributed by atoms with E-state index in [0.29, 0.717) is 18.2 Å². The number of benzene rings is 2. The lowest BCUT2D eigenvalue weighted by Crippen LogP contribution is -2.34. The maximum atomic E-state index is 13.3. The highest BCUT2D eigenvalue weighted by molar-refractivity contribution is 7.99. The highest BCUT2D eigenvalue weighted by Crippen LogP contribution is 2.47. The zero-order valence-corrected chi connectivity index (χ0v) is 14.2. The van der Waals surface area contributed by atoms with Crippen molar-refractivity contribution < 1.29 is 13.9 Å². The van der Waals surface area contributed by atoms with E-state index in [0.717, 1.165) is 40.5 Å². The molecule has 0 spiro atoms. The van der Waals surface area contributed by atoms with Gasteiger partial charge in [0, 0.05) is 12.6 Å². The molecule has 0 saturated carbocycles. The number of fused-ring (bicyclic) bond motifs is 2. The summed E-state index contributed by atoms with van der Waals surface area (Å²) in [6.07, 6.45) is 2.56. The molecule has 1 unspecified atom stereocenters. The van der Waals surface area contributed by atoms with Crippen LogP contribution < -0.4 is 4.74 Å². The Morgan fingerprint density at radius 1 is 1.25 bits per heavy atom. The van der Waals surface area contributed by atoms with Crippen LogP contribution in [0.15, 0.2) is 46.2 Å².